The zero-order chi connectivity index (χ0) is 8.39. The van der Waals surface area contributed by atoms with Crippen LogP contribution in [0.2, 0.25) is 0 Å². The summed E-state index contributed by atoms with van der Waals surface area (Å²) in [6.45, 7) is 2.17. The molecule has 3 heteroatoms. The Kier molecular flexibility index (Phi) is 2.23. The zero-order valence-corrected chi connectivity index (χ0v) is 7.47. The molecule has 0 bridgehead atoms. The van der Waals surface area contributed by atoms with Gasteiger partial charge in [0.2, 0.25) is 0 Å². The lowest BCUT2D eigenvalue weighted by Crippen LogP contribution is -2.44. The minimum atomic E-state index is 0.354. The van der Waals surface area contributed by atoms with Crippen molar-refractivity contribution in [3.05, 3.63) is 24.3 Å². The number of rotatable bonds is 2. The molecular weight excluding hydrogens is 170 g/mol. The molecule has 0 amide bonds. The Balaban J connectivity index is 2.02. The lowest BCUT2D eigenvalue weighted by molar-refractivity contribution is 0.473. The Morgan fingerprint density at radius 2 is 2.25 bits per heavy atom. The van der Waals surface area contributed by atoms with Gasteiger partial charge in [-0.2, -0.15) is 0 Å². The fourth-order valence-electron chi connectivity index (χ4n) is 1.09. The lowest BCUT2D eigenvalue weighted by atomic mass is 10.3. The molecular formula is C9H11NOS. The quantitative estimate of drug-likeness (QED) is 0.724. The molecule has 2 N–H and O–H groups in total. The summed E-state index contributed by atoms with van der Waals surface area (Å²) in [5, 5.41) is 13.1. The summed E-state index contributed by atoms with van der Waals surface area (Å²) in [6.07, 6.45) is 0. The van der Waals surface area contributed by atoms with Gasteiger partial charge in [0.1, 0.15) is 5.75 Å². The van der Waals surface area contributed by atoms with Crippen molar-refractivity contribution in [2.75, 3.05) is 13.1 Å². The van der Waals surface area contributed by atoms with Crippen molar-refractivity contribution in [1.29, 1.82) is 0 Å². The Bertz CT molecular complexity index is 273. The summed E-state index contributed by atoms with van der Waals surface area (Å²) in [7, 11) is 0. The predicted octanol–water partition coefficient (Wildman–Crippen LogP) is 1.46. The number of thioether (sulfide) groups is 1. The van der Waals surface area contributed by atoms with Gasteiger partial charge in [-0.3, -0.25) is 0 Å². The van der Waals surface area contributed by atoms with Gasteiger partial charge in [0.05, 0.1) is 0 Å². The molecule has 0 radical (unpaired) electrons. The Labute approximate surface area is 76.0 Å². The van der Waals surface area contributed by atoms with Crippen molar-refractivity contribution in [2.45, 2.75) is 10.1 Å². The van der Waals surface area contributed by atoms with E-state index >= 15 is 0 Å². The van der Waals surface area contributed by atoms with Gasteiger partial charge in [-0.15, -0.1) is 11.8 Å². The number of benzene rings is 1. The van der Waals surface area contributed by atoms with E-state index in [1.54, 1.807) is 6.07 Å². The molecule has 1 aliphatic rings. The molecule has 1 aromatic rings. The Morgan fingerprint density at radius 3 is 2.83 bits per heavy atom. The third-order valence-electron chi connectivity index (χ3n) is 1.86. The van der Waals surface area contributed by atoms with E-state index in [4.69, 9.17) is 0 Å². The van der Waals surface area contributed by atoms with Gasteiger partial charge in [0.15, 0.2) is 0 Å². The van der Waals surface area contributed by atoms with Gasteiger partial charge < -0.3 is 10.4 Å². The molecule has 0 aliphatic carbocycles. The second-order valence-corrected chi connectivity index (χ2v) is 4.27. The van der Waals surface area contributed by atoms with Crippen molar-refractivity contribution >= 4 is 11.8 Å². The number of phenolic OH excluding ortho intramolecular Hbond substituents is 1. The van der Waals surface area contributed by atoms with Crippen molar-refractivity contribution < 1.29 is 5.11 Å². The van der Waals surface area contributed by atoms with Crippen LogP contribution in [-0.4, -0.2) is 23.4 Å². The summed E-state index contributed by atoms with van der Waals surface area (Å²) in [6, 6.07) is 7.42. The van der Waals surface area contributed by atoms with E-state index in [0.29, 0.717) is 11.0 Å². The maximum atomic E-state index is 9.19. The highest BCUT2D eigenvalue weighted by Gasteiger charge is 2.17. The number of aromatic hydroxyl groups is 1. The van der Waals surface area contributed by atoms with Crippen LogP contribution in [0.4, 0.5) is 0 Å². The molecule has 0 unspecified atom stereocenters. The van der Waals surface area contributed by atoms with E-state index < -0.39 is 0 Å². The molecule has 2 rings (SSSR count). The van der Waals surface area contributed by atoms with Crippen LogP contribution in [-0.2, 0) is 0 Å². The summed E-state index contributed by atoms with van der Waals surface area (Å²) in [5.74, 6) is 0.354. The minimum Gasteiger partial charge on any atom is -0.508 e. The topological polar surface area (TPSA) is 32.3 Å². The molecule has 1 saturated heterocycles. The highest BCUT2D eigenvalue weighted by atomic mass is 32.2. The van der Waals surface area contributed by atoms with Gasteiger partial charge in [-0.25, -0.2) is 0 Å². The first-order valence-corrected chi connectivity index (χ1v) is 4.89. The maximum Gasteiger partial charge on any atom is 0.116 e. The van der Waals surface area contributed by atoms with Crippen LogP contribution in [0.1, 0.15) is 0 Å². The molecule has 0 aromatic heterocycles. The smallest absolute Gasteiger partial charge is 0.116 e. The van der Waals surface area contributed by atoms with E-state index in [2.05, 4.69) is 5.32 Å². The van der Waals surface area contributed by atoms with Crippen LogP contribution in [0.25, 0.3) is 0 Å². The van der Waals surface area contributed by atoms with Gasteiger partial charge in [0, 0.05) is 23.2 Å². The van der Waals surface area contributed by atoms with Crippen LogP contribution in [0, 0.1) is 0 Å². The molecule has 1 fully saturated rings. The van der Waals surface area contributed by atoms with Crippen LogP contribution >= 0.6 is 11.8 Å². The van der Waals surface area contributed by atoms with E-state index in [-0.39, 0.29) is 0 Å². The maximum absolute atomic E-state index is 9.19. The normalized spacial score (nSPS) is 17.3. The molecule has 0 spiro atoms. The minimum absolute atomic E-state index is 0.354. The molecule has 2 nitrogen and oxygen atoms in total. The third-order valence-corrected chi connectivity index (χ3v) is 3.06. The van der Waals surface area contributed by atoms with Crippen molar-refractivity contribution in [2.24, 2.45) is 0 Å². The third kappa shape index (κ3) is 1.73. The summed E-state index contributed by atoms with van der Waals surface area (Å²) >= 11 is 1.82. The van der Waals surface area contributed by atoms with E-state index in [1.807, 2.05) is 30.0 Å². The monoisotopic (exact) mass is 181 g/mol. The van der Waals surface area contributed by atoms with Crippen molar-refractivity contribution in [1.82, 2.24) is 5.32 Å². The van der Waals surface area contributed by atoms with E-state index in [0.717, 1.165) is 18.0 Å². The highest BCUT2D eigenvalue weighted by Crippen LogP contribution is 2.27. The fraction of sp³-hybridized carbons (Fsp3) is 0.333. The van der Waals surface area contributed by atoms with Crippen LogP contribution in [0.3, 0.4) is 0 Å². The SMILES string of the molecule is Oc1cccc(SC2CNC2)c1. The van der Waals surface area contributed by atoms with Crippen molar-refractivity contribution in [3.8, 4) is 5.75 Å². The van der Waals surface area contributed by atoms with Gasteiger partial charge in [-0.1, -0.05) is 6.07 Å². The van der Waals surface area contributed by atoms with E-state index in [1.165, 1.54) is 0 Å². The molecule has 1 aromatic carbocycles. The Morgan fingerprint density at radius 1 is 1.42 bits per heavy atom. The van der Waals surface area contributed by atoms with E-state index in [9.17, 15) is 5.11 Å². The standard InChI is InChI=1S/C9H11NOS/c11-7-2-1-3-8(4-7)12-9-5-10-6-9/h1-4,9-11H,5-6H2. The largest absolute Gasteiger partial charge is 0.508 e. The summed E-state index contributed by atoms with van der Waals surface area (Å²) < 4.78 is 0. The lowest BCUT2D eigenvalue weighted by Gasteiger charge is -2.26. The van der Waals surface area contributed by atoms with Gasteiger partial charge in [-0.05, 0) is 18.2 Å². The molecule has 1 aliphatic heterocycles. The molecule has 64 valence electrons. The molecule has 0 saturated carbocycles. The average molecular weight is 181 g/mol. The second-order valence-electron chi connectivity index (χ2n) is 2.90. The van der Waals surface area contributed by atoms with Gasteiger partial charge >= 0.3 is 0 Å². The van der Waals surface area contributed by atoms with Crippen molar-refractivity contribution in [3.63, 3.8) is 0 Å². The second kappa shape index (κ2) is 3.37. The molecule has 0 atom stereocenters. The predicted molar refractivity (Wildman–Crippen MR) is 50.6 cm³/mol. The summed E-state index contributed by atoms with van der Waals surface area (Å²) in [4.78, 5) is 1.15. The Hall–Kier alpha value is -0.670. The first-order valence-electron chi connectivity index (χ1n) is 4.01. The van der Waals surface area contributed by atoms with Crippen LogP contribution in [0.5, 0.6) is 5.75 Å². The van der Waals surface area contributed by atoms with Crippen LogP contribution in [0.15, 0.2) is 29.2 Å². The highest BCUT2D eigenvalue weighted by molar-refractivity contribution is 8.00. The summed E-state index contributed by atoms with van der Waals surface area (Å²) in [5.41, 5.74) is 0. The zero-order valence-electron chi connectivity index (χ0n) is 6.66. The molecule has 1 heterocycles. The fourth-order valence-corrected chi connectivity index (χ4v) is 2.23. The average Bonchev–Trinajstić information content (AvgIpc) is 1.97. The first kappa shape index (κ1) is 7.95. The number of hydrogen-bond donors (Lipinski definition) is 2. The number of hydrogen-bond acceptors (Lipinski definition) is 3. The molecule has 12 heavy (non-hydrogen) atoms. The number of nitrogens with one attached hydrogen (secondary N) is 1. The number of phenols is 1. The first-order chi connectivity index (χ1) is 5.84. The van der Waals surface area contributed by atoms with Crippen LogP contribution < -0.4 is 5.32 Å². The van der Waals surface area contributed by atoms with Gasteiger partial charge in [0.25, 0.3) is 0 Å².